The Morgan fingerprint density at radius 2 is 2.12 bits per heavy atom. The highest BCUT2D eigenvalue weighted by molar-refractivity contribution is 5.77. The molecule has 0 fully saturated rings. The minimum Gasteiger partial charge on any atom is -0.316 e. The first kappa shape index (κ1) is 12.0. The van der Waals surface area contributed by atoms with Crippen molar-refractivity contribution in [3.05, 3.63) is 23.8 Å². The Labute approximate surface area is 102 Å². The third-order valence-corrected chi connectivity index (χ3v) is 2.96. The third kappa shape index (κ3) is 3.27. The maximum absolute atomic E-state index is 4.18. The lowest BCUT2D eigenvalue weighted by Crippen LogP contribution is -2.18. The van der Waals surface area contributed by atoms with Gasteiger partial charge in [-0.3, -0.25) is 0 Å². The van der Waals surface area contributed by atoms with Gasteiger partial charge in [-0.25, -0.2) is 0 Å². The molecule has 1 aromatic carbocycles. The van der Waals surface area contributed by atoms with Crippen molar-refractivity contribution in [3.63, 3.8) is 0 Å². The molecule has 0 aliphatic heterocycles. The Morgan fingerprint density at radius 3 is 3.00 bits per heavy atom. The molecule has 0 aliphatic rings. The molecule has 0 amide bonds. The van der Waals surface area contributed by atoms with Crippen LogP contribution in [0, 0.1) is 0 Å². The Hall–Kier alpha value is -1.42. The summed E-state index contributed by atoms with van der Waals surface area (Å²) in [6.07, 6.45) is 4.87. The van der Waals surface area contributed by atoms with Crippen molar-refractivity contribution in [1.82, 2.24) is 20.7 Å². The molecule has 0 saturated heterocycles. The number of aromatic amines is 1. The fraction of sp³-hybridized carbons (Fsp3) is 0.538. The van der Waals surface area contributed by atoms with E-state index in [0.717, 1.165) is 30.5 Å². The summed E-state index contributed by atoms with van der Waals surface area (Å²) in [4.78, 5) is 0. The number of benzene rings is 1. The molecule has 2 N–H and O–H groups in total. The molecule has 0 saturated carbocycles. The van der Waals surface area contributed by atoms with Crippen LogP contribution in [0.15, 0.2) is 18.2 Å². The minimum atomic E-state index is 0.952. The van der Waals surface area contributed by atoms with E-state index in [1.807, 2.05) is 12.1 Å². The van der Waals surface area contributed by atoms with Crippen molar-refractivity contribution >= 4 is 11.0 Å². The molecule has 0 radical (unpaired) electrons. The molecule has 17 heavy (non-hydrogen) atoms. The molecule has 4 nitrogen and oxygen atoms in total. The average Bonchev–Trinajstić information content (AvgIpc) is 2.82. The van der Waals surface area contributed by atoms with E-state index in [1.54, 1.807) is 0 Å². The van der Waals surface area contributed by atoms with Crippen molar-refractivity contribution < 1.29 is 0 Å². The summed E-state index contributed by atoms with van der Waals surface area (Å²) in [7, 11) is 0. The number of unbranched alkanes of at least 4 members (excludes halogenated alkanes) is 2. The van der Waals surface area contributed by atoms with Crippen LogP contribution in [0.25, 0.3) is 11.0 Å². The molecular weight excluding hydrogens is 212 g/mol. The average molecular weight is 232 g/mol. The van der Waals surface area contributed by atoms with Gasteiger partial charge < -0.3 is 5.32 Å². The second kappa shape index (κ2) is 6.35. The standard InChI is InChI=1S/C13H20N4/c1-2-3-4-9-14-10-8-11-6-5-7-12-13(11)16-17-15-12/h5-7,14H,2-4,8-10H2,1H3,(H,15,16,17). The van der Waals surface area contributed by atoms with Crippen LogP contribution in [0.2, 0.25) is 0 Å². The fourth-order valence-electron chi connectivity index (χ4n) is 1.98. The quantitative estimate of drug-likeness (QED) is 0.720. The van der Waals surface area contributed by atoms with E-state index < -0.39 is 0 Å². The number of para-hydroxylation sites is 1. The van der Waals surface area contributed by atoms with Gasteiger partial charge in [-0.2, -0.15) is 15.4 Å². The largest absolute Gasteiger partial charge is 0.316 e. The molecular formula is C13H20N4. The van der Waals surface area contributed by atoms with Crippen LogP contribution in [0.4, 0.5) is 0 Å². The SMILES string of the molecule is CCCCCNCCc1cccc2n[nH]nc12. The summed E-state index contributed by atoms with van der Waals surface area (Å²) in [6.45, 7) is 4.35. The predicted octanol–water partition coefficient (Wildman–Crippen LogP) is 2.28. The van der Waals surface area contributed by atoms with Gasteiger partial charge in [-0.05, 0) is 37.6 Å². The van der Waals surface area contributed by atoms with Gasteiger partial charge in [0.1, 0.15) is 11.0 Å². The van der Waals surface area contributed by atoms with E-state index >= 15 is 0 Å². The lowest BCUT2D eigenvalue weighted by molar-refractivity contribution is 0.617. The monoisotopic (exact) mass is 232 g/mol. The van der Waals surface area contributed by atoms with E-state index in [4.69, 9.17) is 0 Å². The number of hydrogen-bond acceptors (Lipinski definition) is 3. The predicted molar refractivity (Wildman–Crippen MR) is 70.0 cm³/mol. The first-order valence-corrected chi connectivity index (χ1v) is 6.41. The summed E-state index contributed by atoms with van der Waals surface area (Å²) in [5.41, 5.74) is 3.22. The molecule has 1 heterocycles. The van der Waals surface area contributed by atoms with Gasteiger partial charge in [0.15, 0.2) is 0 Å². The van der Waals surface area contributed by atoms with Gasteiger partial charge in [-0.15, -0.1) is 0 Å². The summed E-state index contributed by atoms with van der Waals surface area (Å²) in [6, 6.07) is 6.15. The second-order valence-electron chi connectivity index (χ2n) is 4.32. The summed E-state index contributed by atoms with van der Waals surface area (Å²) in [5.74, 6) is 0. The van der Waals surface area contributed by atoms with Crippen molar-refractivity contribution in [3.8, 4) is 0 Å². The molecule has 4 heteroatoms. The maximum Gasteiger partial charge on any atom is 0.116 e. The number of H-pyrrole nitrogens is 1. The lowest BCUT2D eigenvalue weighted by Gasteiger charge is -2.04. The van der Waals surface area contributed by atoms with Gasteiger partial charge in [0.25, 0.3) is 0 Å². The molecule has 0 unspecified atom stereocenters. The van der Waals surface area contributed by atoms with Gasteiger partial charge in [0.2, 0.25) is 0 Å². The van der Waals surface area contributed by atoms with E-state index in [1.165, 1.54) is 24.8 Å². The molecule has 92 valence electrons. The van der Waals surface area contributed by atoms with Crippen LogP contribution in [0.1, 0.15) is 31.7 Å². The Bertz CT molecular complexity index is 449. The van der Waals surface area contributed by atoms with Gasteiger partial charge in [-0.1, -0.05) is 31.9 Å². The molecule has 0 spiro atoms. The van der Waals surface area contributed by atoms with Crippen LogP contribution >= 0.6 is 0 Å². The van der Waals surface area contributed by atoms with Gasteiger partial charge >= 0.3 is 0 Å². The highest BCUT2D eigenvalue weighted by atomic mass is 15.3. The summed E-state index contributed by atoms with van der Waals surface area (Å²) >= 11 is 0. The number of rotatable bonds is 7. The second-order valence-corrected chi connectivity index (χ2v) is 4.32. The van der Waals surface area contributed by atoms with E-state index in [9.17, 15) is 0 Å². The highest BCUT2D eigenvalue weighted by Crippen LogP contribution is 2.13. The topological polar surface area (TPSA) is 53.6 Å². The molecule has 0 aliphatic carbocycles. The first-order chi connectivity index (χ1) is 8.42. The zero-order valence-corrected chi connectivity index (χ0v) is 10.4. The zero-order valence-electron chi connectivity index (χ0n) is 10.4. The highest BCUT2D eigenvalue weighted by Gasteiger charge is 2.03. The lowest BCUT2D eigenvalue weighted by atomic mass is 10.1. The number of fused-ring (bicyclic) bond motifs is 1. The number of hydrogen-bond donors (Lipinski definition) is 2. The van der Waals surface area contributed by atoms with Crippen molar-refractivity contribution in [2.24, 2.45) is 0 Å². The smallest absolute Gasteiger partial charge is 0.116 e. The van der Waals surface area contributed by atoms with E-state index in [2.05, 4.69) is 33.7 Å². The van der Waals surface area contributed by atoms with Crippen LogP contribution in [0.3, 0.4) is 0 Å². The Morgan fingerprint density at radius 1 is 1.18 bits per heavy atom. The van der Waals surface area contributed by atoms with Crippen LogP contribution in [-0.2, 0) is 6.42 Å². The van der Waals surface area contributed by atoms with Gasteiger partial charge in [0.05, 0.1) is 0 Å². The van der Waals surface area contributed by atoms with Crippen LogP contribution in [-0.4, -0.2) is 28.5 Å². The fourth-order valence-corrected chi connectivity index (χ4v) is 1.98. The zero-order chi connectivity index (χ0) is 11.9. The van der Waals surface area contributed by atoms with Crippen molar-refractivity contribution in [2.75, 3.05) is 13.1 Å². The Kier molecular flexibility index (Phi) is 4.50. The van der Waals surface area contributed by atoms with Crippen molar-refractivity contribution in [2.45, 2.75) is 32.6 Å². The summed E-state index contributed by atoms with van der Waals surface area (Å²) in [5, 5.41) is 14.4. The maximum atomic E-state index is 4.18. The number of nitrogens with zero attached hydrogens (tertiary/aromatic N) is 2. The first-order valence-electron chi connectivity index (χ1n) is 6.41. The normalized spacial score (nSPS) is 11.1. The molecule has 2 rings (SSSR count). The van der Waals surface area contributed by atoms with Gasteiger partial charge in [0, 0.05) is 0 Å². The Balaban J connectivity index is 1.80. The molecule has 2 aromatic rings. The van der Waals surface area contributed by atoms with Crippen LogP contribution in [0.5, 0.6) is 0 Å². The van der Waals surface area contributed by atoms with E-state index in [0.29, 0.717) is 0 Å². The summed E-state index contributed by atoms with van der Waals surface area (Å²) < 4.78 is 0. The van der Waals surface area contributed by atoms with Crippen LogP contribution < -0.4 is 5.32 Å². The number of nitrogens with one attached hydrogen (secondary N) is 2. The van der Waals surface area contributed by atoms with E-state index in [-0.39, 0.29) is 0 Å². The number of aromatic nitrogens is 3. The minimum absolute atomic E-state index is 0.952. The molecule has 1 aromatic heterocycles. The van der Waals surface area contributed by atoms with Crippen molar-refractivity contribution in [1.29, 1.82) is 0 Å². The molecule has 0 bridgehead atoms. The molecule has 0 atom stereocenters. The third-order valence-electron chi connectivity index (χ3n) is 2.96.